The highest BCUT2D eigenvalue weighted by Gasteiger charge is 2.15. The normalized spacial score (nSPS) is 11.8. The number of fused-ring (bicyclic) bond motifs is 1. The Hall–Kier alpha value is -1.63. The molecule has 1 aromatic carbocycles. The fourth-order valence-corrected chi connectivity index (χ4v) is 2.41. The summed E-state index contributed by atoms with van der Waals surface area (Å²) >= 11 is 0. The van der Waals surface area contributed by atoms with Crippen LogP contribution in [0.3, 0.4) is 0 Å². The summed E-state index contributed by atoms with van der Waals surface area (Å²) < 4.78 is 28.1. The molecule has 0 saturated heterocycles. The van der Waals surface area contributed by atoms with E-state index in [1.807, 2.05) is 6.92 Å². The van der Waals surface area contributed by atoms with Gasteiger partial charge in [0.25, 0.3) is 0 Å². The lowest BCUT2D eigenvalue weighted by Crippen LogP contribution is -2.23. The van der Waals surface area contributed by atoms with E-state index in [2.05, 4.69) is 10.3 Å². The maximum absolute atomic E-state index is 11.6. The van der Waals surface area contributed by atoms with Crippen LogP contribution in [0, 0.1) is 0 Å². The lowest BCUT2D eigenvalue weighted by Gasteiger charge is -2.04. The summed E-state index contributed by atoms with van der Waals surface area (Å²) in [4.78, 5) is 0.945. The summed E-state index contributed by atoms with van der Waals surface area (Å²) in [5.74, 6) is -0.0162. The highest BCUT2D eigenvalue weighted by atomic mass is 32.2. The van der Waals surface area contributed by atoms with Gasteiger partial charge in [-0.2, -0.15) is 8.42 Å². The van der Waals surface area contributed by atoms with Gasteiger partial charge in [-0.05, 0) is 23.8 Å². The molecule has 1 heterocycles. The number of hydrogen-bond donors (Lipinski definition) is 0. The summed E-state index contributed by atoms with van der Waals surface area (Å²) in [6, 6.07) is 7.00. The standard InChI is InChI=1S/C10H13N3O3S/c1-2-3-8-17(14,15)16-13-10-7-5-4-6-9(10)11-12-13/h4-7H,2-3,8H2,1H3. The summed E-state index contributed by atoms with van der Waals surface area (Å²) in [5.41, 5.74) is 1.13. The van der Waals surface area contributed by atoms with Crippen molar-refractivity contribution >= 4 is 21.2 Å². The Bertz CT molecular complexity index is 606. The van der Waals surface area contributed by atoms with E-state index >= 15 is 0 Å². The predicted octanol–water partition coefficient (Wildman–Crippen LogP) is 0.990. The van der Waals surface area contributed by atoms with Gasteiger partial charge < -0.3 is 0 Å². The molecular formula is C10H13N3O3S. The minimum absolute atomic E-state index is 0.0162. The Balaban J connectivity index is 2.24. The first-order valence-corrected chi connectivity index (χ1v) is 6.93. The van der Waals surface area contributed by atoms with Gasteiger partial charge in [-0.25, -0.2) is 0 Å². The van der Waals surface area contributed by atoms with Gasteiger partial charge >= 0.3 is 10.1 Å². The van der Waals surface area contributed by atoms with Crippen LogP contribution >= 0.6 is 0 Å². The van der Waals surface area contributed by atoms with Crippen molar-refractivity contribution in [2.24, 2.45) is 0 Å². The van der Waals surface area contributed by atoms with Gasteiger partial charge in [-0.1, -0.05) is 30.3 Å². The van der Waals surface area contributed by atoms with Crippen molar-refractivity contribution in [2.45, 2.75) is 19.8 Å². The number of nitrogens with zero attached hydrogens (tertiary/aromatic N) is 3. The molecule has 17 heavy (non-hydrogen) atoms. The minimum Gasteiger partial charge on any atom is -0.267 e. The molecule has 7 heteroatoms. The Morgan fingerprint density at radius 3 is 2.88 bits per heavy atom. The smallest absolute Gasteiger partial charge is 0.267 e. The van der Waals surface area contributed by atoms with E-state index in [0.29, 0.717) is 17.5 Å². The van der Waals surface area contributed by atoms with Gasteiger partial charge in [0.05, 0.1) is 5.75 Å². The third-order valence-corrected chi connectivity index (χ3v) is 3.41. The molecule has 2 rings (SSSR count). The topological polar surface area (TPSA) is 74.1 Å². The Kier molecular flexibility index (Phi) is 3.28. The van der Waals surface area contributed by atoms with Gasteiger partial charge in [0.1, 0.15) is 11.0 Å². The van der Waals surface area contributed by atoms with Crippen molar-refractivity contribution < 1.29 is 12.7 Å². The summed E-state index contributed by atoms with van der Waals surface area (Å²) in [5, 5.41) is 7.46. The van der Waals surface area contributed by atoms with Crippen LogP contribution in [0.15, 0.2) is 24.3 Å². The lowest BCUT2D eigenvalue weighted by molar-refractivity contribution is 0.244. The number of hydrogen-bond acceptors (Lipinski definition) is 5. The molecule has 6 nitrogen and oxygen atoms in total. The second kappa shape index (κ2) is 4.70. The van der Waals surface area contributed by atoms with Crippen LogP contribution in [0.4, 0.5) is 0 Å². The molecule has 0 atom stereocenters. The zero-order chi connectivity index (χ0) is 12.3. The SMILES string of the molecule is CCCCS(=O)(=O)On1nnc2ccccc21. The molecule has 0 radical (unpaired) electrons. The van der Waals surface area contributed by atoms with Crippen LogP contribution in [0.25, 0.3) is 11.0 Å². The van der Waals surface area contributed by atoms with Crippen molar-refractivity contribution in [3.8, 4) is 0 Å². The Morgan fingerprint density at radius 2 is 2.12 bits per heavy atom. The minimum atomic E-state index is -3.60. The average molecular weight is 255 g/mol. The monoisotopic (exact) mass is 255 g/mol. The number of aromatic nitrogens is 3. The van der Waals surface area contributed by atoms with Crippen molar-refractivity contribution in [3.63, 3.8) is 0 Å². The Labute approximate surface area is 99.3 Å². The van der Waals surface area contributed by atoms with Crippen LogP contribution < -0.4 is 4.28 Å². The summed E-state index contributed by atoms with van der Waals surface area (Å²) in [6.07, 6.45) is 1.36. The molecule has 0 amide bonds. The third kappa shape index (κ3) is 2.73. The molecule has 0 bridgehead atoms. The van der Waals surface area contributed by atoms with Gasteiger partial charge in [-0.15, -0.1) is 5.10 Å². The van der Waals surface area contributed by atoms with Crippen molar-refractivity contribution in [1.82, 2.24) is 15.2 Å². The van der Waals surface area contributed by atoms with E-state index in [1.165, 1.54) is 0 Å². The molecule has 0 aliphatic heterocycles. The maximum atomic E-state index is 11.6. The van der Waals surface area contributed by atoms with Gasteiger partial charge in [0, 0.05) is 0 Å². The maximum Gasteiger partial charge on any atom is 0.328 e. The van der Waals surface area contributed by atoms with Crippen LogP contribution in [-0.4, -0.2) is 29.3 Å². The predicted molar refractivity (Wildman–Crippen MR) is 62.8 cm³/mol. The van der Waals surface area contributed by atoms with Gasteiger partial charge in [0.2, 0.25) is 0 Å². The highest BCUT2D eigenvalue weighted by Crippen LogP contribution is 2.09. The second-order valence-corrected chi connectivity index (χ2v) is 5.31. The molecule has 0 aliphatic rings. The number of rotatable bonds is 5. The molecular weight excluding hydrogens is 242 g/mol. The molecule has 1 aromatic heterocycles. The fraction of sp³-hybridized carbons (Fsp3) is 0.400. The van der Waals surface area contributed by atoms with Crippen molar-refractivity contribution in [3.05, 3.63) is 24.3 Å². The van der Waals surface area contributed by atoms with Crippen LogP contribution in [-0.2, 0) is 10.1 Å². The average Bonchev–Trinajstić information content (AvgIpc) is 2.70. The van der Waals surface area contributed by atoms with E-state index in [-0.39, 0.29) is 5.75 Å². The first-order valence-electron chi connectivity index (χ1n) is 5.35. The molecule has 0 fully saturated rings. The quantitative estimate of drug-likeness (QED) is 0.796. The third-order valence-electron chi connectivity index (χ3n) is 2.25. The van der Waals surface area contributed by atoms with Gasteiger partial charge in [0.15, 0.2) is 0 Å². The molecule has 0 aliphatic carbocycles. The van der Waals surface area contributed by atoms with Crippen molar-refractivity contribution in [2.75, 3.05) is 5.75 Å². The van der Waals surface area contributed by atoms with E-state index in [4.69, 9.17) is 4.28 Å². The summed E-state index contributed by atoms with van der Waals surface area (Å²) in [6.45, 7) is 1.92. The summed E-state index contributed by atoms with van der Waals surface area (Å²) in [7, 11) is -3.60. The largest absolute Gasteiger partial charge is 0.328 e. The molecule has 0 unspecified atom stereocenters. The zero-order valence-corrected chi connectivity index (χ0v) is 10.2. The second-order valence-electron chi connectivity index (χ2n) is 3.64. The van der Waals surface area contributed by atoms with Crippen molar-refractivity contribution in [1.29, 1.82) is 0 Å². The molecule has 0 spiro atoms. The number of unbranched alkanes of at least 4 members (excludes halogenated alkanes) is 1. The molecule has 92 valence electrons. The van der Waals surface area contributed by atoms with E-state index < -0.39 is 10.1 Å². The van der Waals surface area contributed by atoms with Gasteiger partial charge in [-0.3, -0.25) is 4.28 Å². The highest BCUT2D eigenvalue weighted by molar-refractivity contribution is 7.86. The molecule has 0 saturated carbocycles. The fourth-order valence-electron chi connectivity index (χ4n) is 1.37. The van der Waals surface area contributed by atoms with Crippen LogP contribution in [0.1, 0.15) is 19.8 Å². The lowest BCUT2D eigenvalue weighted by atomic mass is 10.3. The molecule has 0 N–H and O–H groups in total. The van der Waals surface area contributed by atoms with E-state index in [1.54, 1.807) is 24.3 Å². The number of para-hydroxylation sites is 1. The zero-order valence-electron chi connectivity index (χ0n) is 9.41. The number of benzene rings is 1. The van der Waals surface area contributed by atoms with E-state index in [9.17, 15) is 8.42 Å². The van der Waals surface area contributed by atoms with Crippen LogP contribution in [0.5, 0.6) is 0 Å². The first kappa shape index (κ1) is 11.8. The Morgan fingerprint density at radius 1 is 1.35 bits per heavy atom. The van der Waals surface area contributed by atoms with Crippen LogP contribution in [0.2, 0.25) is 0 Å². The van der Waals surface area contributed by atoms with E-state index in [0.717, 1.165) is 11.3 Å². The molecule has 2 aromatic rings. The first-order chi connectivity index (χ1) is 8.12.